The van der Waals surface area contributed by atoms with E-state index in [1.807, 2.05) is 36.1 Å². The van der Waals surface area contributed by atoms with Crippen molar-refractivity contribution in [2.45, 2.75) is 38.1 Å². The van der Waals surface area contributed by atoms with Crippen LogP contribution < -0.4 is 5.32 Å². The minimum Gasteiger partial charge on any atom is -0.289 e. The Morgan fingerprint density at radius 3 is 3.00 bits per heavy atom. The van der Waals surface area contributed by atoms with Crippen LogP contribution in [-0.4, -0.2) is 42.7 Å². The summed E-state index contributed by atoms with van der Waals surface area (Å²) in [6.07, 6.45) is 0.651. The molecule has 1 aromatic carbocycles. The maximum atomic E-state index is 14.5. The highest BCUT2D eigenvalue weighted by Gasteiger charge is 2.31. The lowest BCUT2D eigenvalue weighted by Crippen LogP contribution is -2.45. The molecular weight excluding hydrogens is 289 g/mol. The van der Waals surface area contributed by atoms with E-state index in [0.29, 0.717) is 13.0 Å². The Balaban J connectivity index is 1.59. The quantitative estimate of drug-likeness (QED) is 0.868. The first kappa shape index (κ1) is 14.9. The van der Waals surface area contributed by atoms with Gasteiger partial charge in [-0.05, 0) is 43.4 Å². The zero-order valence-corrected chi connectivity index (χ0v) is 13.0. The van der Waals surface area contributed by atoms with Gasteiger partial charge in [-0.3, -0.25) is 15.2 Å². The third-order valence-corrected chi connectivity index (χ3v) is 4.57. The van der Waals surface area contributed by atoms with Crippen LogP contribution in [0.5, 0.6) is 0 Å². The van der Waals surface area contributed by atoms with Crippen molar-refractivity contribution in [3.05, 3.63) is 34.9 Å². The van der Waals surface area contributed by atoms with Crippen LogP contribution in [-0.2, 0) is 0 Å². The Morgan fingerprint density at radius 2 is 2.33 bits per heavy atom. The molecule has 2 heterocycles. The standard InChI is InChI=1S/C16H21ClFN3/c1-11-9-19-16(20-11)10-21-6-5-13(8-15(21)18)12-3-2-4-14(17)7-12/h2-4,7,13,15-16,19H,5-6,8-10H2,1H3. The SMILES string of the molecule is CC1=NC(CN2CCC(c3cccc(Cl)c3)CC2F)NC1. The van der Waals surface area contributed by atoms with Gasteiger partial charge in [0.2, 0.25) is 0 Å². The molecule has 3 rings (SSSR count). The Hall–Kier alpha value is -0.970. The lowest BCUT2D eigenvalue weighted by Gasteiger charge is -2.36. The van der Waals surface area contributed by atoms with Gasteiger partial charge in [-0.25, -0.2) is 4.39 Å². The molecule has 0 amide bonds. The molecule has 2 aliphatic heterocycles. The average molecular weight is 310 g/mol. The minimum atomic E-state index is -0.902. The molecule has 0 aliphatic carbocycles. The van der Waals surface area contributed by atoms with E-state index in [4.69, 9.17) is 11.6 Å². The summed E-state index contributed by atoms with van der Waals surface area (Å²) in [4.78, 5) is 6.39. The van der Waals surface area contributed by atoms with Crippen LogP contribution in [0.2, 0.25) is 5.02 Å². The fraction of sp³-hybridized carbons (Fsp3) is 0.562. The average Bonchev–Trinajstić information content (AvgIpc) is 2.86. The maximum Gasteiger partial charge on any atom is 0.154 e. The van der Waals surface area contributed by atoms with Gasteiger partial charge < -0.3 is 0 Å². The molecule has 2 aliphatic rings. The molecule has 1 fully saturated rings. The minimum absolute atomic E-state index is 0.0472. The van der Waals surface area contributed by atoms with E-state index >= 15 is 0 Å². The van der Waals surface area contributed by atoms with Crippen molar-refractivity contribution in [3.63, 3.8) is 0 Å². The first-order chi connectivity index (χ1) is 10.1. The fourth-order valence-electron chi connectivity index (χ4n) is 3.18. The molecule has 1 aromatic rings. The summed E-state index contributed by atoms with van der Waals surface area (Å²) in [6.45, 7) is 4.25. The summed E-state index contributed by atoms with van der Waals surface area (Å²) < 4.78 is 14.5. The molecule has 5 heteroatoms. The van der Waals surface area contributed by atoms with E-state index in [9.17, 15) is 4.39 Å². The number of hydrogen-bond acceptors (Lipinski definition) is 3. The van der Waals surface area contributed by atoms with Crippen molar-refractivity contribution in [3.8, 4) is 0 Å². The van der Waals surface area contributed by atoms with Crippen LogP contribution in [0, 0.1) is 0 Å². The largest absolute Gasteiger partial charge is 0.289 e. The zero-order valence-electron chi connectivity index (χ0n) is 12.2. The van der Waals surface area contributed by atoms with Crippen LogP contribution in [0.1, 0.15) is 31.2 Å². The second-order valence-corrected chi connectivity index (χ2v) is 6.40. The molecule has 0 aromatic heterocycles. The van der Waals surface area contributed by atoms with E-state index in [2.05, 4.69) is 10.3 Å². The van der Waals surface area contributed by atoms with Gasteiger partial charge in [0, 0.05) is 30.4 Å². The maximum absolute atomic E-state index is 14.5. The zero-order chi connectivity index (χ0) is 14.8. The summed E-state index contributed by atoms with van der Waals surface area (Å²) in [5, 5.41) is 4.02. The van der Waals surface area contributed by atoms with Gasteiger partial charge in [-0.2, -0.15) is 0 Å². The van der Waals surface area contributed by atoms with Gasteiger partial charge in [0.1, 0.15) is 6.17 Å². The topological polar surface area (TPSA) is 27.6 Å². The van der Waals surface area contributed by atoms with E-state index in [0.717, 1.165) is 35.8 Å². The van der Waals surface area contributed by atoms with Gasteiger partial charge >= 0.3 is 0 Å². The van der Waals surface area contributed by atoms with Gasteiger partial charge in [0.15, 0.2) is 6.30 Å². The number of nitrogens with zero attached hydrogens (tertiary/aromatic N) is 2. The summed E-state index contributed by atoms with van der Waals surface area (Å²) in [5.74, 6) is 0.261. The predicted molar refractivity (Wildman–Crippen MR) is 84.8 cm³/mol. The molecule has 3 atom stereocenters. The number of piperidine rings is 1. The number of halogens is 2. The van der Waals surface area contributed by atoms with Gasteiger partial charge in [-0.15, -0.1) is 0 Å². The first-order valence-electron chi connectivity index (χ1n) is 7.52. The Morgan fingerprint density at radius 1 is 1.48 bits per heavy atom. The third kappa shape index (κ3) is 3.62. The molecule has 0 radical (unpaired) electrons. The van der Waals surface area contributed by atoms with Crippen molar-refractivity contribution in [1.29, 1.82) is 0 Å². The van der Waals surface area contributed by atoms with Crippen LogP contribution in [0.3, 0.4) is 0 Å². The normalized spacial score (nSPS) is 30.4. The highest BCUT2D eigenvalue weighted by Crippen LogP contribution is 2.33. The van der Waals surface area contributed by atoms with Crippen LogP contribution in [0.15, 0.2) is 29.3 Å². The summed E-state index contributed by atoms with van der Waals surface area (Å²) >= 11 is 6.03. The molecule has 1 N–H and O–H groups in total. The summed E-state index contributed by atoms with van der Waals surface area (Å²) in [7, 11) is 0. The first-order valence-corrected chi connectivity index (χ1v) is 7.90. The van der Waals surface area contributed by atoms with Crippen LogP contribution >= 0.6 is 11.6 Å². The number of hydrogen-bond donors (Lipinski definition) is 1. The van der Waals surface area contributed by atoms with E-state index in [1.54, 1.807) is 0 Å². The lowest BCUT2D eigenvalue weighted by molar-refractivity contribution is 0.0313. The fourth-order valence-corrected chi connectivity index (χ4v) is 3.38. The molecule has 1 saturated heterocycles. The molecule has 114 valence electrons. The molecule has 3 nitrogen and oxygen atoms in total. The monoisotopic (exact) mass is 309 g/mol. The summed E-state index contributed by atoms with van der Waals surface area (Å²) in [5.41, 5.74) is 2.25. The van der Waals surface area contributed by atoms with Crippen molar-refractivity contribution >= 4 is 17.3 Å². The number of likely N-dealkylation sites (tertiary alicyclic amines) is 1. The van der Waals surface area contributed by atoms with Crippen molar-refractivity contribution in [1.82, 2.24) is 10.2 Å². The second-order valence-electron chi connectivity index (χ2n) is 5.97. The molecule has 3 unspecified atom stereocenters. The third-order valence-electron chi connectivity index (χ3n) is 4.34. The molecule has 21 heavy (non-hydrogen) atoms. The van der Waals surface area contributed by atoms with Crippen molar-refractivity contribution in [2.24, 2.45) is 4.99 Å². The van der Waals surface area contributed by atoms with Crippen LogP contribution in [0.25, 0.3) is 0 Å². The lowest BCUT2D eigenvalue weighted by atomic mass is 9.89. The van der Waals surface area contributed by atoms with Crippen molar-refractivity contribution in [2.75, 3.05) is 19.6 Å². The number of aliphatic imine (C=N–C) groups is 1. The summed E-state index contributed by atoms with van der Waals surface area (Å²) in [6, 6.07) is 7.81. The number of benzene rings is 1. The van der Waals surface area contributed by atoms with E-state index in [-0.39, 0.29) is 12.1 Å². The number of alkyl halides is 1. The number of nitrogens with one attached hydrogen (secondary N) is 1. The Kier molecular flexibility index (Phi) is 4.57. The van der Waals surface area contributed by atoms with Gasteiger partial charge in [-0.1, -0.05) is 23.7 Å². The smallest absolute Gasteiger partial charge is 0.154 e. The Bertz CT molecular complexity index is 534. The number of rotatable bonds is 3. The Labute approximate surface area is 130 Å². The van der Waals surface area contributed by atoms with Gasteiger partial charge in [0.05, 0.1) is 0 Å². The molecular formula is C16H21ClFN3. The van der Waals surface area contributed by atoms with Gasteiger partial charge in [0.25, 0.3) is 0 Å². The van der Waals surface area contributed by atoms with E-state index < -0.39 is 6.30 Å². The molecule has 0 bridgehead atoms. The highest BCUT2D eigenvalue weighted by molar-refractivity contribution is 6.30. The highest BCUT2D eigenvalue weighted by atomic mass is 35.5. The predicted octanol–water partition coefficient (Wildman–Crippen LogP) is 3.21. The van der Waals surface area contributed by atoms with Crippen LogP contribution in [0.4, 0.5) is 4.39 Å². The van der Waals surface area contributed by atoms with E-state index in [1.165, 1.54) is 0 Å². The molecule has 0 saturated carbocycles. The van der Waals surface area contributed by atoms with Crippen molar-refractivity contribution < 1.29 is 4.39 Å². The molecule has 0 spiro atoms. The second kappa shape index (κ2) is 6.42.